The van der Waals surface area contributed by atoms with Gasteiger partial charge >= 0.3 is 0 Å². The van der Waals surface area contributed by atoms with Crippen molar-refractivity contribution in [3.8, 4) is 0 Å². The van der Waals surface area contributed by atoms with Crippen LogP contribution in [0.5, 0.6) is 0 Å². The van der Waals surface area contributed by atoms with E-state index in [0.717, 1.165) is 18.8 Å². The summed E-state index contributed by atoms with van der Waals surface area (Å²) in [5.41, 5.74) is 1.35. The molecule has 1 aromatic carbocycles. The van der Waals surface area contributed by atoms with E-state index in [-0.39, 0.29) is 35.5 Å². The molecule has 6 nitrogen and oxygen atoms in total. The van der Waals surface area contributed by atoms with Crippen molar-refractivity contribution in [1.82, 2.24) is 15.5 Å². The van der Waals surface area contributed by atoms with E-state index in [1.54, 1.807) is 7.05 Å². The highest BCUT2D eigenvalue weighted by Crippen LogP contribution is 2.52. The Bertz CT molecular complexity index is 819. The van der Waals surface area contributed by atoms with E-state index >= 15 is 0 Å². The summed E-state index contributed by atoms with van der Waals surface area (Å²) < 4.78 is 0. The molecule has 3 fully saturated rings. The average Bonchev–Trinajstić information content (AvgIpc) is 3.05. The first kappa shape index (κ1) is 17.5. The Morgan fingerprint density at radius 2 is 1.75 bits per heavy atom. The number of guanidine groups is 1. The monoisotopic (exact) mass is 378 g/mol. The Balaban J connectivity index is 1.12. The first-order valence-electron chi connectivity index (χ1n) is 10.2. The standard InChI is InChI=1S/C22H26N4O2/c1-23-22(25-17-12-16(17)13-5-3-2-4-6-13)24-9-10-26-20(27)18-14-7-8-15(11-14)19(18)21(26)28/h2-8,14-19H,9-12H2,1H3,(H2,23,24,25). The number of hydrogen-bond donors (Lipinski definition) is 2. The third-order valence-electron chi connectivity index (χ3n) is 6.75. The van der Waals surface area contributed by atoms with E-state index < -0.39 is 0 Å². The minimum atomic E-state index is -0.113. The molecule has 6 atom stereocenters. The molecule has 1 aliphatic heterocycles. The molecular formula is C22H26N4O2. The molecule has 1 heterocycles. The van der Waals surface area contributed by atoms with Gasteiger partial charge < -0.3 is 10.6 Å². The molecule has 2 amide bonds. The number of likely N-dealkylation sites (tertiary alicyclic amines) is 1. The van der Waals surface area contributed by atoms with Crippen LogP contribution in [0.25, 0.3) is 0 Å². The van der Waals surface area contributed by atoms with Crippen LogP contribution in [0.4, 0.5) is 0 Å². The minimum absolute atomic E-state index is 0.0166. The van der Waals surface area contributed by atoms with E-state index in [1.807, 2.05) is 6.07 Å². The molecule has 1 saturated heterocycles. The van der Waals surface area contributed by atoms with Crippen molar-refractivity contribution in [2.75, 3.05) is 20.1 Å². The molecule has 6 unspecified atom stereocenters. The molecule has 5 rings (SSSR count). The summed E-state index contributed by atoms with van der Waals surface area (Å²) in [5, 5.41) is 6.70. The van der Waals surface area contributed by atoms with Gasteiger partial charge in [0.2, 0.25) is 11.8 Å². The maximum atomic E-state index is 12.7. The van der Waals surface area contributed by atoms with E-state index in [1.165, 1.54) is 10.5 Å². The highest BCUT2D eigenvalue weighted by atomic mass is 16.2. The van der Waals surface area contributed by atoms with Crippen molar-refractivity contribution in [3.63, 3.8) is 0 Å². The Kier molecular flexibility index (Phi) is 4.22. The number of hydrogen-bond acceptors (Lipinski definition) is 3. The number of carbonyl (C=O) groups is 2. The quantitative estimate of drug-likeness (QED) is 0.353. The Morgan fingerprint density at radius 1 is 1.07 bits per heavy atom. The zero-order valence-corrected chi connectivity index (χ0v) is 16.0. The van der Waals surface area contributed by atoms with Gasteiger partial charge in [-0.15, -0.1) is 0 Å². The second kappa shape index (κ2) is 6.76. The van der Waals surface area contributed by atoms with Crippen molar-refractivity contribution in [3.05, 3.63) is 48.0 Å². The van der Waals surface area contributed by atoms with Crippen molar-refractivity contribution in [2.24, 2.45) is 28.7 Å². The normalized spacial score (nSPS) is 35.5. The smallest absolute Gasteiger partial charge is 0.233 e. The molecule has 2 bridgehead atoms. The van der Waals surface area contributed by atoms with Crippen LogP contribution in [0.3, 0.4) is 0 Å². The van der Waals surface area contributed by atoms with Gasteiger partial charge in [0.25, 0.3) is 0 Å². The van der Waals surface area contributed by atoms with Crippen LogP contribution in [0.2, 0.25) is 0 Å². The summed E-state index contributed by atoms with van der Waals surface area (Å²) in [6.07, 6.45) is 6.32. The summed E-state index contributed by atoms with van der Waals surface area (Å²) in [7, 11) is 1.75. The molecule has 2 saturated carbocycles. The lowest BCUT2D eigenvalue weighted by atomic mass is 9.85. The lowest BCUT2D eigenvalue weighted by Gasteiger charge is -2.18. The number of amides is 2. The fraction of sp³-hybridized carbons (Fsp3) is 0.500. The largest absolute Gasteiger partial charge is 0.355 e. The Morgan fingerprint density at radius 3 is 2.39 bits per heavy atom. The summed E-state index contributed by atoms with van der Waals surface area (Å²) in [5.74, 6) is 1.59. The summed E-state index contributed by atoms with van der Waals surface area (Å²) in [6.45, 7) is 0.916. The highest BCUT2D eigenvalue weighted by Gasteiger charge is 2.58. The average molecular weight is 378 g/mol. The van der Waals surface area contributed by atoms with Crippen molar-refractivity contribution >= 4 is 17.8 Å². The van der Waals surface area contributed by atoms with E-state index in [2.05, 4.69) is 52.0 Å². The summed E-state index contributed by atoms with van der Waals surface area (Å²) >= 11 is 0. The number of carbonyl (C=O) groups excluding carboxylic acids is 2. The minimum Gasteiger partial charge on any atom is -0.355 e. The van der Waals surface area contributed by atoms with E-state index in [0.29, 0.717) is 25.0 Å². The molecule has 4 aliphatic rings. The summed E-state index contributed by atoms with van der Waals surface area (Å²) in [6, 6.07) is 10.9. The van der Waals surface area contributed by atoms with Crippen molar-refractivity contribution in [1.29, 1.82) is 0 Å². The molecule has 1 aromatic rings. The van der Waals surface area contributed by atoms with Gasteiger partial charge in [0.05, 0.1) is 11.8 Å². The number of allylic oxidation sites excluding steroid dienone is 2. The van der Waals surface area contributed by atoms with Gasteiger partial charge in [0.15, 0.2) is 5.96 Å². The van der Waals surface area contributed by atoms with Gasteiger partial charge in [0, 0.05) is 32.1 Å². The summed E-state index contributed by atoms with van der Waals surface area (Å²) in [4.78, 5) is 31.2. The molecule has 0 spiro atoms. The molecule has 0 aromatic heterocycles. The Hall–Kier alpha value is -2.63. The van der Waals surface area contributed by atoms with Crippen LogP contribution >= 0.6 is 0 Å². The van der Waals surface area contributed by atoms with Gasteiger partial charge in [0.1, 0.15) is 0 Å². The molecule has 146 valence electrons. The molecule has 3 aliphatic carbocycles. The molecule has 6 heteroatoms. The van der Waals surface area contributed by atoms with Gasteiger partial charge in [-0.25, -0.2) is 0 Å². The highest BCUT2D eigenvalue weighted by molar-refractivity contribution is 6.06. The second-order valence-electron chi connectivity index (χ2n) is 8.33. The number of aliphatic imine (C=N–C) groups is 1. The predicted octanol–water partition coefficient (Wildman–Crippen LogP) is 1.51. The predicted molar refractivity (Wildman–Crippen MR) is 107 cm³/mol. The lowest BCUT2D eigenvalue weighted by Crippen LogP contribution is -2.44. The lowest BCUT2D eigenvalue weighted by molar-refractivity contribution is -0.140. The van der Waals surface area contributed by atoms with Crippen molar-refractivity contribution in [2.45, 2.75) is 24.8 Å². The van der Waals surface area contributed by atoms with Crippen LogP contribution < -0.4 is 10.6 Å². The fourth-order valence-corrected chi connectivity index (χ4v) is 5.26. The number of fused-ring (bicyclic) bond motifs is 5. The number of benzene rings is 1. The topological polar surface area (TPSA) is 73.8 Å². The number of nitrogens with zero attached hydrogens (tertiary/aromatic N) is 2. The Labute approximate surface area is 165 Å². The fourth-order valence-electron chi connectivity index (χ4n) is 5.26. The second-order valence-corrected chi connectivity index (χ2v) is 8.33. The third-order valence-corrected chi connectivity index (χ3v) is 6.75. The van der Waals surface area contributed by atoms with Crippen LogP contribution in [0.15, 0.2) is 47.5 Å². The molecule has 28 heavy (non-hydrogen) atoms. The number of nitrogens with one attached hydrogen (secondary N) is 2. The first-order valence-corrected chi connectivity index (χ1v) is 10.2. The number of imide groups is 1. The third kappa shape index (κ3) is 2.82. The zero-order chi connectivity index (χ0) is 19.3. The van der Waals surface area contributed by atoms with Crippen LogP contribution in [0, 0.1) is 23.7 Å². The number of rotatable bonds is 5. The first-order chi connectivity index (χ1) is 13.7. The van der Waals surface area contributed by atoms with Crippen LogP contribution in [-0.4, -0.2) is 48.9 Å². The zero-order valence-electron chi connectivity index (χ0n) is 16.0. The van der Waals surface area contributed by atoms with Gasteiger partial charge in [-0.05, 0) is 30.2 Å². The maximum Gasteiger partial charge on any atom is 0.233 e. The SMILES string of the molecule is CN=C(NCCN1C(=O)C2C3C=CC(C3)C2C1=O)NC1CC1c1ccccc1. The molecule has 2 N–H and O–H groups in total. The van der Waals surface area contributed by atoms with Crippen molar-refractivity contribution < 1.29 is 9.59 Å². The van der Waals surface area contributed by atoms with Gasteiger partial charge in [-0.1, -0.05) is 42.5 Å². The molecular weight excluding hydrogens is 352 g/mol. The van der Waals surface area contributed by atoms with Crippen LogP contribution in [-0.2, 0) is 9.59 Å². The van der Waals surface area contributed by atoms with Crippen LogP contribution in [0.1, 0.15) is 24.3 Å². The van der Waals surface area contributed by atoms with Gasteiger partial charge in [-0.3, -0.25) is 19.5 Å². The maximum absolute atomic E-state index is 12.7. The van der Waals surface area contributed by atoms with E-state index in [4.69, 9.17) is 0 Å². The van der Waals surface area contributed by atoms with E-state index in [9.17, 15) is 9.59 Å². The molecule has 0 radical (unpaired) electrons. The van der Waals surface area contributed by atoms with Gasteiger partial charge in [-0.2, -0.15) is 0 Å².